The summed E-state index contributed by atoms with van der Waals surface area (Å²) >= 11 is 0. The summed E-state index contributed by atoms with van der Waals surface area (Å²) in [5.41, 5.74) is -0.665. The molecular weight excluding hydrogens is 306 g/mol. The smallest absolute Gasteiger partial charge is 0.410 e. The minimum atomic E-state index is -0.682. The molecule has 0 N–H and O–H groups in total. The first-order chi connectivity index (χ1) is 10.6. The van der Waals surface area contributed by atoms with E-state index in [1.807, 2.05) is 0 Å². The third-order valence-corrected chi connectivity index (χ3v) is 3.49. The van der Waals surface area contributed by atoms with Crippen molar-refractivity contribution in [1.29, 1.82) is 0 Å². The second-order valence-electron chi connectivity index (χ2n) is 6.72. The molecule has 2 rings (SSSR count). The normalized spacial score (nSPS) is 29.3. The minimum absolute atomic E-state index is 0.0842. The number of ether oxygens (including phenoxy) is 4. The quantitative estimate of drug-likeness (QED) is 0.431. The highest BCUT2D eigenvalue weighted by molar-refractivity contribution is 5.70. The maximum Gasteiger partial charge on any atom is 0.410 e. The second kappa shape index (κ2) is 6.35. The van der Waals surface area contributed by atoms with Crippen molar-refractivity contribution in [2.75, 3.05) is 13.2 Å². The Morgan fingerprint density at radius 1 is 1.17 bits per heavy atom. The Bertz CT molecular complexity index is 499. The number of carbonyl (C=O) groups is 3. The molecule has 130 valence electrons. The molecule has 0 aromatic rings. The van der Waals surface area contributed by atoms with Crippen LogP contribution in [0, 0.1) is 0 Å². The minimum Gasteiger partial charge on any atom is -0.464 e. The van der Waals surface area contributed by atoms with Crippen LogP contribution in [0.25, 0.3) is 0 Å². The van der Waals surface area contributed by atoms with Crippen molar-refractivity contribution in [3.8, 4) is 0 Å². The molecule has 2 heterocycles. The summed E-state index contributed by atoms with van der Waals surface area (Å²) in [5.74, 6) is -0.960. The lowest BCUT2D eigenvalue weighted by Gasteiger charge is -2.38. The number of carbonyl (C=O) groups excluding carboxylic acids is 3. The molecule has 2 aliphatic rings. The fourth-order valence-corrected chi connectivity index (χ4v) is 2.57. The number of esters is 2. The highest BCUT2D eigenvalue weighted by Gasteiger charge is 2.58. The Labute approximate surface area is 135 Å². The largest absolute Gasteiger partial charge is 0.464 e. The van der Waals surface area contributed by atoms with Crippen LogP contribution in [0.3, 0.4) is 0 Å². The highest BCUT2D eigenvalue weighted by Crippen LogP contribution is 2.37. The molecule has 0 aromatic heterocycles. The lowest BCUT2D eigenvalue weighted by atomic mass is 9.99. The van der Waals surface area contributed by atoms with E-state index < -0.39 is 35.8 Å². The Morgan fingerprint density at radius 3 is 2.35 bits per heavy atom. The monoisotopic (exact) mass is 329 g/mol. The number of piperidine rings is 1. The van der Waals surface area contributed by atoms with Gasteiger partial charge >= 0.3 is 18.0 Å². The summed E-state index contributed by atoms with van der Waals surface area (Å²) in [5, 5.41) is 0. The van der Waals surface area contributed by atoms with E-state index in [9.17, 15) is 14.4 Å². The zero-order valence-corrected chi connectivity index (χ0v) is 14.0. The molecule has 2 aliphatic heterocycles. The van der Waals surface area contributed by atoms with Gasteiger partial charge in [0.1, 0.15) is 30.5 Å². The van der Waals surface area contributed by atoms with Crippen molar-refractivity contribution in [2.24, 2.45) is 0 Å². The maximum absolute atomic E-state index is 12.4. The molecule has 0 radical (unpaired) electrons. The highest BCUT2D eigenvalue weighted by atomic mass is 16.6. The zero-order chi connectivity index (χ0) is 17.4. The van der Waals surface area contributed by atoms with Crippen molar-refractivity contribution in [3.63, 3.8) is 0 Å². The first-order valence-corrected chi connectivity index (χ1v) is 7.54. The zero-order valence-electron chi connectivity index (χ0n) is 14.0. The fraction of sp³-hybridized carbons (Fsp3) is 0.800. The maximum atomic E-state index is 12.4. The average molecular weight is 329 g/mol. The number of nitrogens with zero attached hydrogens (tertiary/aromatic N) is 1. The van der Waals surface area contributed by atoms with Crippen molar-refractivity contribution in [2.45, 2.75) is 64.6 Å². The van der Waals surface area contributed by atoms with Crippen LogP contribution in [0.1, 0.15) is 34.6 Å². The number of epoxide rings is 1. The van der Waals surface area contributed by atoms with Gasteiger partial charge in [-0.25, -0.2) is 4.79 Å². The van der Waals surface area contributed by atoms with Crippen molar-refractivity contribution in [1.82, 2.24) is 4.90 Å². The van der Waals surface area contributed by atoms with Crippen LogP contribution in [0.5, 0.6) is 0 Å². The molecule has 2 saturated heterocycles. The van der Waals surface area contributed by atoms with Crippen LogP contribution >= 0.6 is 0 Å². The summed E-state index contributed by atoms with van der Waals surface area (Å²) in [4.78, 5) is 36.3. The van der Waals surface area contributed by atoms with Gasteiger partial charge in [-0.15, -0.1) is 0 Å². The Morgan fingerprint density at radius 2 is 1.83 bits per heavy atom. The molecule has 2 fully saturated rings. The van der Waals surface area contributed by atoms with E-state index in [0.717, 1.165) is 0 Å². The van der Waals surface area contributed by atoms with Crippen LogP contribution in [-0.2, 0) is 28.5 Å². The molecule has 0 saturated carbocycles. The van der Waals surface area contributed by atoms with E-state index in [-0.39, 0.29) is 18.8 Å². The first kappa shape index (κ1) is 17.5. The Kier molecular flexibility index (Phi) is 4.84. The molecule has 0 bridgehead atoms. The Hall–Kier alpha value is -1.83. The van der Waals surface area contributed by atoms with Crippen LogP contribution < -0.4 is 0 Å². The van der Waals surface area contributed by atoms with Gasteiger partial charge in [-0.05, 0) is 20.8 Å². The number of hydrogen-bond donors (Lipinski definition) is 0. The third-order valence-electron chi connectivity index (χ3n) is 3.49. The lowest BCUT2D eigenvalue weighted by molar-refractivity contribution is -0.156. The van der Waals surface area contributed by atoms with Crippen LogP contribution in [0.2, 0.25) is 0 Å². The third kappa shape index (κ3) is 4.57. The average Bonchev–Trinajstić information content (AvgIpc) is 3.13. The van der Waals surface area contributed by atoms with Gasteiger partial charge in [0.15, 0.2) is 6.10 Å². The number of amides is 1. The first-order valence-electron chi connectivity index (χ1n) is 7.54. The van der Waals surface area contributed by atoms with Gasteiger partial charge < -0.3 is 18.9 Å². The van der Waals surface area contributed by atoms with E-state index in [0.29, 0.717) is 6.54 Å². The summed E-state index contributed by atoms with van der Waals surface area (Å²) in [6, 6.07) is -0.638. The molecule has 0 spiro atoms. The number of rotatable bonds is 3. The summed E-state index contributed by atoms with van der Waals surface area (Å²) < 4.78 is 21.2. The molecule has 1 amide bonds. The van der Waals surface area contributed by atoms with Gasteiger partial charge in [-0.2, -0.15) is 0 Å². The van der Waals surface area contributed by atoms with Crippen molar-refractivity contribution in [3.05, 3.63) is 0 Å². The molecule has 8 heteroatoms. The van der Waals surface area contributed by atoms with E-state index in [2.05, 4.69) is 0 Å². The predicted octanol–water partition coefficient (Wildman–Crippen LogP) is 0.868. The van der Waals surface area contributed by atoms with E-state index in [1.165, 1.54) is 18.7 Å². The van der Waals surface area contributed by atoms with Crippen LogP contribution in [0.15, 0.2) is 0 Å². The SMILES string of the molecule is CC(=O)OC[C@H]1[C@H](OC(C)=O)[C@H]2O[C@H]2CN1C(=O)OC(C)(C)C. The summed E-state index contributed by atoms with van der Waals surface area (Å²) in [6.07, 6.45) is -1.71. The van der Waals surface area contributed by atoms with Gasteiger partial charge in [-0.3, -0.25) is 14.5 Å². The van der Waals surface area contributed by atoms with Gasteiger partial charge in [0.05, 0.1) is 6.54 Å². The number of hydrogen-bond acceptors (Lipinski definition) is 7. The molecular formula is C15H23NO7. The van der Waals surface area contributed by atoms with E-state index in [1.54, 1.807) is 20.8 Å². The molecule has 4 atom stereocenters. The molecule has 23 heavy (non-hydrogen) atoms. The van der Waals surface area contributed by atoms with Crippen molar-refractivity contribution >= 4 is 18.0 Å². The predicted molar refractivity (Wildman–Crippen MR) is 77.6 cm³/mol. The lowest BCUT2D eigenvalue weighted by Crippen LogP contribution is -2.58. The topological polar surface area (TPSA) is 94.7 Å². The van der Waals surface area contributed by atoms with Gasteiger partial charge in [0, 0.05) is 13.8 Å². The summed E-state index contributed by atoms with van der Waals surface area (Å²) in [6.45, 7) is 8.06. The van der Waals surface area contributed by atoms with E-state index in [4.69, 9.17) is 18.9 Å². The molecule has 0 unspecified atom stereocenters. The van der Waals surface area contributed by atoms with Gasteiger partial charge in [-0.1, -0.05) is 0 Å². The van der Waals surface area contributed by atoms with Crippen LogP contribution in [0.4, 0.5) is 4.79 Å². The second-order valence-corrected chi connectivity index (χ2v) is 6.72. The Balaban J connectivity index is 2.17. The number of likely N-dealkylation sites (tertiary alicyclic amines) is 1. The molecule has 0 aliphatic carbocycles. The van der Waals surface area contributed by atoms with Gasteiger partial charge in [0.25, 0.3) is 0 Å². The van der Waals surface area contributed by atoms with Crippen LogP contribution in [-0.4, -0.2) is 66.0 Å². The fourth-order valence-electron chi connectivity index (χ4n) is 2.57. The number of fused-ring (bicyclic) bond motifs is 1. The molecule has 8 nitrogen and oxygen atoms in total. The molecule has 0 aromatic carbocycles. The van der Waals surface area contributed by atoms with Gasteiger partial charge in [0.2, 0.25) is 0 Å². The van der Waals surface area contributed by atoms with E-state index >= 15 is 0 Å². The van der Waals surface area contributed by atoms with Crippen molar-refractivity contribution < 1.29 is 33.3 Å². The standard InChI is InChI=1S/C15H23NO7/c1-8(17)20-7-10-12(21-9(2)18)13-11(22-13)6-16(10)14(19)23-15(3,4)5/h10-13H,6-7H2,1-5H3/t10-,11-,12-,13-/m0/s1. The summed E-state index contributed by atoms with van der Waals surface area (Å²) in [7, 11) is 0.